The summed E-state index contributed by atoms with van der Waals surface area (Å²) in [4.78, 5) is 11.4. The van der Waals surface area contributed by atoms with Crippen molar-refractivity contribution >= 4 is 5.91 Å². The lowest BCUT2D eigenvalue weighted by Crippen LogP contribution is -2.53. The third-order valence-electron chi connectivity index (χ3n) is 6.41. The molecule has 3 heterocycles. The molecule has 3 saturated heterocycles. The third-order valence-corrected chi connectivity index (χ3v) is 6.41. The second-order valence-electron chi connectivity index (χ2n) is 7.88. The minimum Gasteiger partial charge on any atom is -0.374 e. The number of fused-ring (bicyclic) bond motifs is 1. The molecule has 3 aliphatic heterocycles. The van der Waals surface area contributed by atoms with Gasteiger partial charge in [-0.05, 0) is 51.0 Å². The van der Waals surface area contributed by atoms with Gasteiger partial charge in [0.1, 0.15) is 0 Å². The number of rotatable bonds is 3. The van der Waals surface area contributed by atoms with Gasteiger partial charge in [-0.2, -0.15) is 13.2 Å². The van der Waals surface area contributed by atoms with Gasteiger partial charge >= 0.3 is 6.18 Å². The first kappa shape index (κ1) is 14.8. The summed E-state index contributed by atoms with van der Waals surface area (Å²) in [5.74, 6) is -0.0653. The van der Waals surface area contributed by atoms with E-state index < -0.39 is 17.2 Å². The van der Waals surface area contributed by atoms with Crippen molar-refractivity contribution in [2.45, 2.75) is 55.8 Å². The summed E-state index contributed by atoms with van der Waals surface area (Å²) in [5.41, 5.74) is 3.15. The molecule has 124 valence electrons. The van der Waals surface area contributed by atoms with E-state index in [9.17, 15) is 18.0 Å². The van der Waals surface area contributed by atoms with Crippen molar-refractivity contribution in [1.82, 2.24) is 5.32 Å². The average Bonchev–Trinajstić information content (AvgIpc) is 2.76. The zero-order chi connectivity index (χ0) is 15.8. The highest BCUT2D eigenvalue weighted by Gasteiger charge is 2.75. The molecule has 2 saturated carbocycles. The molecule has 1 spiro atoms. The summed E-state index contributed by atoms with van der Waals surface area (Å²) < 4.78 is 44.7. The molecular formula is C15H21F3N2O2. The van der Waals surface area contributed by atoms with Crippen LogP contribution in [0.4, 0.5) is 13.2 Å². The second kappa shape index (κ2) is 4.17. The lowest BCUT2D eigenvalue weighted by atomic mass is 9.60. The molecule has 0 aromatic rings. The number of hydrogen-bond donors (Lipinski definition) is 2. The lowest BCUT2D eigenvalue weighted by molar-refractivity contribution is -0.244. The summed E-state index contributed by atoms with van der Waals surface area (Å²) in [7, 11) is 0. The van der Waals surface area contributed by atoms with E-state index in [1.807, 2.05) is 0 Å². The molecule has 5 fully saturated rings. The molecule has 5 rings (SSSR count). The fraction of sp³-hybridized carbons (Fsp3) is 0.933. The fourth-order valence-electron chi connectivity index (χ4n) is 5.08. The number of ether oxygens (including phenoxy) is 1. The number of nitrogens with two attached hydrogens (primary N) is 1. The number of amides is 1. The summed E-state index contributed by atoms with van der Waals surface area (Å²) in [6.45, 7) is 0.567. The number of nitrogens with one attached hydrogen (secondary N) is 1. The van der Waals surface area contributed by atoms with Crippen molar-refractivity contribution in [1.29, 1.82) is 0 Å². The van der Waals surface area contributed by atoms with E-state index in [1.54, 1.807) is 0 Å². The van der Waals surface area contributed by atoms with Crippen LogP contribution in [0.2, 0.25) is 0 Å². The maximum Gasteiger partial charge on any atom is 0.396 e. The van der Waals surface area contributed by atoms with Gasteiger partial charge < -0.3 is 15.8 Å². The van der Waals surface area contributed by atoms with Crippen LogP contribution >= 0.6 is 0 Å². The van der Waals surface area contributed by atoms with E-state index >= 15 is 0 Å². The number of piperidine rings is 1. The Morgan fingerprint density at radius 1 is 1.32 bits per heavy atom. The standard InChI is InChI=1S/C15H21F3N2O2/c16-15(17,18)12-6-13(7-12,22-8-12)4-10-5-14(10)3-9(11(19)21)1-2-20-14/h9-10,20H,1-8H2,(H2,19,21). The molecule has 2 aliphatic carbocycles. The van der Waals surface area contributed by atoms with Gasteiger partial charge in [-0.25, -0.2) is 0 Å². The molecule has 0 aromatic carbocycles. The number of alkyl halides is 3. The van der Waals surface area contributed by atoms with Crippen molar-refractivity contribution in [3.05, 3.63) is 0 Å². The summed E-state index contributed by atoms with van der Waals surface area (Å²) in [5, 5.41) is 3.47. The highest BCUT2D eigenvalue weighted by molar-refractivity contribution is 5.77. The number of carbonyl (C=O) groups is 1. The normalized spacial score (nSPS) is 50.0. The SMILES string of the molecule is NC(=O)C1CCNC2(C1)CC2CC12CC(C(F)(F)F)(CO1)C2. The van der Waals surface area contributed by atoms with Gasteiger partial charge in [-0.3, -0.25) is 4.79 Å². The van der Waals surface area contributed by atoms with Crippen LogP contribution < -0.4 is 11.1 Å². The van der Waals surface area contributed by atoms with Crippen LogP contribution in [0.1, 0.15) is 38.5 Å². The van der Waals surface area contributed by atoms with Gasteiger partial charge in [0.2, 0.25) is 5.91 Å². The summed E-state index contributed by atoms with van der Waals surface area (Å²) in [6, 6.07) is 0. The van der Waals surface area contributed by atoms with Gasteiger partial charge in [0.05, 0.1) is 17.6 Å². The maximum atomic E-state index is 13.1. The Morgan fingerprint density at radius 3 is 2.64 bits per heavy atom. The van der Waals surface area contributed by atoms with Crippen molar-refractivity contribution in [3.63, 3.8) is 0 Å². The van der Waals surface area contributed by atoms with E-state index in [2.05, 4.69) is 5.32 Å². The van der Waals surface area contributed by atoms with Gasteiger partial charge in [0.25, 0.3) is 0 Å². The highest BCUT2D eigenvalue weighted by Crippen LogP contribution is 2.68. The van der Waals surface area contributed by atoms with Gasteiger partial charge in [-0.1, -0.05) is 0 Å². The minimum atomic E-state index is -4.16. The fourth-order valence-corrected chi connectivity index (χ4v) is 5.08. The van der Waals surface area contributed by atoms with Crippen LogP contribution in [0.3, 0.4) is 0 Å². The molecule has 2 bridgehead atoms. The first-order chi connectivity index (χ1) is 10.2. The molecule has 0 radical (unpaired) electrons. The maximum absolute atomic E-state index is 13.1. The molecule has 7 heteroatoms. The zero-order valence-electron chi connectivity index (χ0n) is 12.3. The third kappa shape index (κ3) is 1.94. The second-order valence-corrected chi connectivity index (χ2v) is 7.88. The van der Waals surface area contributed by atoms with E-state index in [-0.39, 0.29) is 36.8 Å². The molecular weight excluding hydrogens is 297 g/mol. The largest absolute Gasteiger partial charge is 0.396 e. The molecule has 4 nitrogen and oxygen atoms in total. The van der Waals surface area contributed by atoms with Gasteiger partial charge in [0, 0.05) is 11.5 Å². The van der Waals surface area contributed by atoms with Gasteiger partial charge in [-0.15, -0.1) is 0 Å². The molecule has 0 aromatic heterocycles. The summed E-state index contributed by atoms with van der Waals surface area (Å²) in [6.07, 6.45) is -0.889. The Labute approximate surface area is 126 Å². The van der Waals surface area contributed by atoms with Gasteiger partial charge in [0.15, 0.2) is 0 Å². The van der Waals surface area contributed by atoms with Crippen molar-refractivity contribution < 1.29 is 22.7 Å². The van der Waals surface area contributed by atoms with Crippen LogP contribution in [-0.2, 0) is 9.53 Å². The molecule has 1 amide bonds. The van der Waals surface area contributed by atoms with E-state index in [0.717, 1.165) is 19.4 Å². The lowest BCUT2D eigenvalue weighted by Gasteiger charge is -2.46. The molecule has 22 heavy (non-hydrogen) atoms. The van der Waals surface area contributed by atoms with E-state index in [4.69, 9.17) is 10.5 Å². The van der Waals surface area contributed by atoms with Crippen LogP contribution in [0.15, 0.2) is 0 Å². The Kier molecular flexibility index (Phi) is 2.80. The van der Waals surface area contributed by atoms with Crippen molar-refractivity contribution in [2.75, 3.05) is 13.2 Å². The molecule has 3 unspecified atom stereocenters. The summed E-state index contributed by atoms with van der Waals surface area (Å²) >= 11 is 0. The number of hydrogen-bond acceptors (Lipinski definition) is 3. The quantitative estimate of drug-likeness (QED) is 0.833. The number of carbonyl (C=O) groups excluding carboxylic acids is 1. The van der Waals surface area contributed by atoms with Crippen LogP contribution in [0.5, 0.6) is 0 Å². The number of primary amides is 1. The molecule has 3 N–H and O–H groups in total. The highest BCUT2D eigenvalue weighted by atomic mass is 19.4. The topological polar surface area (TPSA) is 64.4 Å². The monoisotopic (exact) mass is 318 g/mol. The Hall–Kier alpha value is -0.820. The Bertz CT molecular complexity index is 515. The molecule has 5 aliphatic rings. The first-order valence-electron chi connectivity index (χ1n) is 7.94. The van der Waals surface area contributed by atoms with Crippen LogP contribution in [0.25, 0.3) is 0 Å². The smallest absolute Gasteiger partial charge is 0.374 e. The van der Waals surface area contributed by atoms with Crippen LogP contribution in [0, 0.1) is 17.3 Å². The Balaban J connectivity index is 1.38. The van der Waals surface area contributed by atoms with Crippen molar-refractivity contribution in [2.24, 2.45) is 23.0 Å². The van der Waals surface area contributed by atoms with E-state index in [1.165, 1.54) is 0 Å². The molecule has 3 atom stereocenters. The Morgan fingerprint density at radius 2 is 2.05 bits per heavy atom. The first-order valence-corrected chi connectivity index (χ1v) is 7.94. The average molecular weight is 318 g/mol. The minimum absolute atomic E-state index is 0.0882. The zero-order valence-corrected chi connectivity index (χ0v) is 12.3. The van der Waals surface area contributed by atoms with E-state index in [0.29, 0.717) is 18.8 Å². The predicted octanol–water partition coefficient (Wildman–Crippen LogP) is 1.73. The number of halogens is 3. The van der Waals surface area contributed by atoms with Crippen LogP contribution in [-0.4, -0.2) is 36.4 Å². The predicted molar refractivity (Wildman–Crippen MR) is 71.8 cm³/mol. The van der Waals surface area contributed by atoms with Crippen molar-refractivity contribution in [3.8, 4) is 0 Å².